The number of benzene rings is 1. The first-order valence-electron chi connectivity index (χ1n) is 8.60. The molecule has 0 aliphatic carbocycles. The van der Waals surface area contributed by atoms with Crippen molar-refractivity contribution in [2.24, 2.45) is 4.99 Å². The summed E-state index contributed by atoms with van der Waals surface area (Å²) < 4.78 is 18.7. The highest BCUT2D eigenvalue weighted by Crippen LogP contribution is 2.40. The summed E-state index contributed by atoms with van der Waals surface area (Å²) >= 11 is 1.52. The van der Waals surface area contributed by atoms with Crippen LogP contribution in [0.25, 0.3) is 0 Å². The van der Waals surface area contributed by atoms with Crippen LogP contribution in [0.5, 0.6) is 0 Å². The van der Waals surface area contributed by atoms with Crippen molar-refractivity contribution < 1.29 is 13.9 Å². The first-order chi connectivity index (χ1) is 12.7. The number of esters is 1. The van der Waals surface area contributed by atoms with E-state index in [9.17, 15) is 9.18 Å². The van der Waals surface area contributed by atoms with Crippen molar-refractivity contribution in [1.82, 2.24) is 9.88 Å². The Labute approximate surface area is 154 Å². The monoisotopic (exact) mass is 371 g/mol. The number of nitrogens with zero attached hydrogens (tertiary/aromatic N) is 3. The number of aliphatic imine (C=N–C) groups is 1. The minimum Gasteiger partial charge on any atom is -0.463 e. The first-order valence-corrected chi connectivity index (χ1v) is 9.48. The number of halogens is 1. The van der Waals surface area contributed by atoms with Crippen LogP contribution in [0.3, 0.4) is 0 Å². The van der Waals surface area contributed by atoms with Gasteiger partial charge >= 0.3 is 5.97 Å². The number of aromatic nitrogens is 1. The smallest absolute Gasteiger partial charge is 0.338 e. The highest BCUT2D eigenvalue weighted by Gasteiger charge is 2.38. The lowest BCUT2D eigenvalue weighted by Gasteiger charge is -2.31. The third kappa shape index (κ3) is 2.92. The number of allylic oxidation sites excluding steroid dienone is 1. The van der Waals surface area contributed by atoms with Crippen LogP contribution in [0.4, 0.5) is 4.39 Å². The molecule has 3 heterocycles. The summed E-state index contributed by atoms with van der Waals surface area (Å²) in [4.78, 5) is 24.1. The fraction of sp³-hybridized carbons (Fsp3) is 0.316. The van der Waals surface area contributed by atoms with Gasteiger partial charge in [-0.05, 0) is 37.5 Å². The minimum atomic E-state index is -0.516. The highest BCUT2D eigenvalue weighted by molar-refractivity contribution is 7.11. The highest BCUT2D eigenvalue weighted by atomic mass is 32.1. The number of ether oxygens (including phenoxy) is 1. The molecule has 1 unspecified atom stereocenters. The molecule has 0 bridgehead atoms. The SMILES string of the molecule is CCOC(=O)C1=C2CCCN2C(c2nccs2)=NC1c1ccc(F)cc1. The number of thiazole rings is 1. The van der Waals surface area contributed by atoms with Crippen LogP contribution in [0.15, 0.2) is 52.1 Å². The zero-order valence-corrected chi connectivity index (χ0v) is 15.1. The first kappa shape index (κ1) is 16.9. The summed E-state index contributed by atoms with van der Waals surface area (Å²) in [6.07, 6.45) is 3.48. The van der Waals surface area contributed by atoms with Gasteiger partial charge in [0.05, 0.1) is 12.2 Å². The van der Waals surface area contributed by atoms with Gasteiger partial charge < -0.3 is 9.64 Å². The molecule has 2 aliphatic heterocycles. The molecule has 0 amide bonds. The Morgan fingerprint density at radius 1 is 1.38 bits per heavy atom. The number of carbonyl (C=O) groups excluding carboxylic acids is 1. The van der Waals surface area contributed by atoms with Crippen LogP contribution >= 0.6 is 11.3 Å². The van der Waals surface area contributed by atoms with E-state index in [2.05, 4.69) is 9.88 Å². The number of hydrogen-bond donors (Lipinski definition) is 0. The lowest BCUT2D eigenvalue weighted by atomic mass is 9.95. The summed E-state index contributed by atoms with van der Waals surface area (Å²) in [6.45, 7) is 2.89. The van der Waals surface area contributed by atoms with Crippen molar-refractivity contribution in [3.8, 4) is 0 Å². The third-order valence-corrected chi connectivity index (χ3v) is 5.29. The second kappa shape index (κ2) is 6.99. The molecule has 0 radical (unpaired) electrons. The van der Waals surface area contributed by atoms with E-state index in [0.29, 0.717) is 12.2 Å². The van der Waals surface area contributed by atoms with E-state index in [1.165, 1.54) is 23.5 Å². The van der Waals surface area contributed by atoms with Crippen molar-refractivity contribution in [3.05, 3.63) is 63.5 Å². The van der Waals surface area contributed by atoms with Gasteiger partial charge in [0.15, 0.2) is 10.8 Å². The standard InChI is InChI=1S/C19H18FN3O2S/c1-2-25-19(24)15-14-4-3-10-23(14)17(18-21-9-11-26-18)22-16(15)12-5-7-13(20)8-6-12/h5-9,11,16H,2-4,10H2,1H3. The van der Waals surface area contributed by atoms with Crippen LogP contribution in [-0.2, 0) is 9.53 Å². The number of carbonyl (C=O) groups is 1. The van der Waals surface area contributed by atoms with E-state index in [1.807, 2.05) is 5.38 Å². The maximum Gasteiger partial charge on any atom is 0.338 e. The predicted octanol–water partition coefficient (Wildman–Crippen LogP) is 3.70. The molecule has 0 saturated carbocycles. The van der Waals surface area contributed by atoms with Crippen LogP contribution in [0, 0.1) is 5.82 Å². The Hall–Kier alpha value is -2.54. The molecule has 2 aromatic rings. The Morgan fingerprint density at radius 3 is 2.88 bits per heavy atom. The third-order valence-electron chi connectivity index (χ3n) is 4.52. The minimum absolute atomic E-state index is 0.300. The topological polar surface area (TPSA) is 54.8 Å². The van der Waals surface area contributed by atoms with Crippen molar-refractivity contribution in [3.63, 3.8) is 0 Å². The van der Waals surface area contributed by atoms with E-state index >= 15 is 0 Å². The van der Waals surface area contributed by atoms with Crippen molar-refractivity contribution >= 4 is 23.1 Å². The Bertz CT molecular complexity index is 875. The van der Waals surface area contributed by atoms with E-state index in [0.717, 1.165) is 41.5 Å². The van der Waals surface area contributed by atoms with Gasteiger partial charge in [-0.15, -0.1) is 11.3 Å². The average molecular weight is 371 g/mol. The van der Waals surface area contributed by atoms with Crippen molar-refractivity contribution in [1.29, 1.82) is 0 Å². The number of hydrogen-bond acceptors (Lipinski definition) is 6. The Kier molecular flexibility index (Phi) is 4.55. The number of fused-ring (bicyclic) bond motifs is 1. The molecular formula is C19H18FN3O2S. The molecule has 0 spiro atoms. The molecule has 1 aromatic carbocycles. The normalized spacial score (nSPS) is 19.4. The van der Waals surface area contributed by atoms with Crippen molar-refractivity contribution in [2.75, 3.05) is 13.2 Å². The van der Waals surface area contributed by atoms with E-state index in [-0.39, 0.29) is 11.8 Å². The van der Waals surface area contributed by atoms with Gasteiger partial charge in [-0.1, -0.05) is 12.1 Å². The van der Waals surface area contributed by atoms with Crippen LogP contribution in [0.2, 0.25) is 0 Å². The fourth-order valence-electron chi connectivity index (χ4n) is 3.43. The van der Waals surface area contributed by atoms with E-state index in [1.54, 1.807) is 25.3 Å². The summed E-state index contributed by atoms with van der Waals surface area (Å²) in [7, 11) is 0. The molecule has 26 heavy (non-hydrogen) atoms. The number of amidine groups is 1. The van der Waals surface area contributed by atoms with Gasteiger partial charge in [-0.25, -0.2) is 14.2 Å². The van der Waals surface area contributed by atoms with Gasteiger partial charge in [0, 0.05) is 23.8 Å². The van der Waals surface area contributed by atoms with Gasteiger partial charge in [0.2, 0.25) is 0 Å². The zero-order valence-electron chi connectivity index (χ0n) is 14.3. The molecule has 2 aliphatic rings. The summed E-state index contributed by atoms with van der Waals surface area (Å²) in [5.41, 5.74) is 2.26. The molecule has 0 N–H and O–H groups in total. The second-order valence-corrected chi connectivity index (χ2v) is 6.97. The molecule has 4 rings (SSSR count). The molecule has 134 valence electrons. The largest absolute Gasteiger partial charge is 0.463 e. The number of rotatable bonds is 4. The van der Waals surface area contributed by atoms with Gasteiger partial charge in [-0.3, -0.25) is 4.99 Å². The molecular weight excluding hydrogens is 353 g/mol. The molecule has 5 nitrogen and oxygen atoms in total. The zero-order chi connectivity index (χ0) is 18.1. The Balaban J connectivity index is 1.86. The van der Waals surface area contributed by atoms with Gasteiger partial charge in [0.25, 0.3) is 0 Å². The Morgan fingerprint density at radius 2 is 2.19 bits per heavy atom. The molecule has 1 aromatic heterocycles. The van der Waals surface area contributed by atoms with Crippen LogP contribution in [-0.4, -0.2) is 34.8 Å². The summed E-state index contributed by atoms with van der Waals surface area (Å²) in [5, 5.41) is 2.73. The van der Waals surface area contributed by atoms with Gasteiger partial charge in [-0.2, -0.15) is 0 Å². The molecule has 1 atom stereocenters. The average Bonchev–Trinajstić information content (AvgIpc) is 3.33. The van der Waals surface area contributed by atoms with Crippen LogP contribution in [0.1, 0.15) is 36.4 Å². The second-order valence-electron chi connectivity index (χ2n) is 6.08. The summed E-state index contributed by atoms with van der Waals surface area (Å²) in [6, 6.07) is 5.61. The van der Waals surface area contributed by atoms with E-state index in [4.69, 9.17) is 9.73 Å². The quantitative estimate of drug-likeness (QED) is 0.769. The van der Waals surface area contributed by atoms with Crippen molar-refractivity contribution in [2.45, 2.75) is 25.8 Å². The molecule has 1 saturated heterocycles. The maximum atomic E-state index is 13.4. The molecule has 7 heteroatoms. The van der Waals surface area contributed by atoms with Gasteiger partial charge in [0.1, 0.15) is 11.9 Å². The summed E-state index contributed by atoms with van der Waals surface area (Å²) in [5.74, 6) is 0.0991. The van der Waals surface area contributed by atoms with E-state index < -0.39 is 6.04 Å². The lowest BCUT2D eigenvalue weighted by Crippen LogP contribution is -2.35. The maximum absolute atomic E-state index is 13.4. The fourth-order valence-corrected chi connectivity index (χ4v) is 4.07. The predicted molar refractivity (Wildman–Crippen MR) is 97.4 cm³/mol. The lowest BCUT2D eigenvalue weighted by molar-refractivity contribution is -0.139. The van der Waals surface area contributed by atoms with Crippen LogP contribution < -0.4 is 0 Å². The molecule has 1 fully saturated rings.